The third kappa shape index (κ3) is 4.97. The Kier molecular flexibility index (Phi) is 6.34. The molecule has 1 saturated carbocycles. The maximum absolute atomic E-state index is 12.6. The van der Waals surface area contributed by atoms with Gasteiger partial charge in [0.1, 0.15) is 9.90 Å². The number of hydrogen-bond donors (Lipinski definition) is 3. The van der Waals surface area contributed by atoms with Crippen LogP contribution in [0.2, 0.25) is 5.02 Å². The first-order valence-corrected chi connectivity index (χ1v) is 13.5. The molecule has 9 nitrogen and oxygen atoms in total. The monoisotopic (exact) mass is 515 g/mol. The molecule has 2 heterocycles. The van der Waals surface area contributed by atoms with Crippen molar-refractivity contribution in [3.8, 4) is 10.6 Å². The Balaban J connectivity index is 1.32. The molecule has 4 aromatic rings. The molecule has 1 aliphatic carbocycles. The Morgan fingerprint density at radius 1 is 1.06 bits per heavy atom. The Labute approximate surface area is 205 Å². The number of nitrogens with two attached hydrogens (primary N) is 1. The maximum Gasteiger partial charge on any atom is 0.265 e. The molecule has 1 fully saturated rings. The number of halogens is 1. The first kappa shape index (κ1) is 22.9. The molecule has 2 aromatic heterocycles. The van der Waals surface area contributed by atoms with Gasteiger partial charge >= 0.3 is 0 Å². The molecular weight excluding hydrogens is 494 g/mol. The molecule has 0 aliphatic heterocycles. The van der Waals surface area contributed by atoms with Crippen molar-refractivity contribution >= 4 is 54.9 Å². The van der Waals surface area contributed by atoms with E-state index in [1.54, 1.807) is 18.3 Å². The second-order valence-corrected chi connectivity index (χ2v) is 11.2. The molecule has 176 valence electrons. The Hall–Kier alpha value is -2.86. The largest absolute Gasteiger partial charge is 0.351 e. The summed E-state index contributed by atoms with van der Waals surface area (Å²) in [6.45, 7) is 0. The van der Waals surface area contributed by atoms with Gasteiger partial charge in [-0.2, -0.15) is 0 Å². The summed E-state index contributed by atoms with van der Waals surface area (Å²) in [4.78, 5) is 9.07. The molecular formula is C22H22ClN7O2S2. The first-order valence-electron chi connectivity index (χ1n) is 10.8. The minimum Gasteiger partial charge on any atom is -0.351 e. The predicted octanol–water partition coefficient (Wildman–Crippen LogP) is 4.28. The van der Waals surface area contributed by atoms with Gasteiger partial charge in [-0.15, -0.1) is 10.2 Å². The van der Waals surface area contributed by atoms with Crippen LogP contribution in [0.5, 0.6) is 0 Å². The van der Waals surface area contributed by atoms with Crippen LogP contribution in [0.3, 0.4) is 0 Å². The molecule has 4 N–H and O–H groups in total. The minimum absolute atomic E-state index is 0.0169. The van der Waals surface area contributed by atoms with Crippen LogP contribution in [0, 0.1) is 0 Å². The number of benzene rings is 2. The summed E-state index contributed by atoms with van der Waals surface area (Å²) in [7, 11) is -3.88. The fourth-order valence-electron chi connectivity index (χ4n) is 3.90. The van der Waals surface area contributed by atoms with Crippen molar-refractivity contribution in [2.75, 3.05) is 10.0 Å². The lowest BCUT2D eigenvalue weighted by Crippen LogP contribution is -2.33. The molecule has 0 atom stereocenters. The van der Waals surface area contributed by atoms with Crippen molar-refractivity contribution in [2.24, 2.45) is 5.73 Å². The quantitative estimate of drug-likeness (QED) is 0.346. The van der Waals surface area contributed by atoms with Gasteiger partial charge < -0.3 is 11.1 Å². The molecule has 5 rings (SSSR count). The van der Waals surface area contributed by atoms with Crippen molar-refractivity contribution < 1.29 is 8.42 Å². The van der Waals surface area contributed by atoms with Gasteiger partial charge in [0.25, 0.3) is 10.0 Å². The lowest BCUT2D eigenvalue weighted by molar-refractivity contribution is 0.410. The van der Waals surface area contributed by atoms with Crippen LogP contribution in [0.4, 0.5) is 11.1 Å². The number of hydrogen-bond acceptors (Lipinski definition) is 9. The van der Waals surface area contributed by atoms with Gasteiger partial charge in [-0.3, -0.25) is 4.72 Å². The molecule has 0 amide bonds. The van der Waals surface area contributed by atoms with E-state index in [0.29, 0.717) is 23.0 Å². The summed E-state index contributed by atoms with van der Waals surface area (Å²) in [6.07, 6.45) is 5.81. The van der Waals surface area contributed by atoms with E-state index < -0.39 is 10.0 Å². The molecule has 0 bridgehead atoms. The van der Waals surface area contributed by atoms with Crippen LogP contribution >= 0.6 is 22.9 Å². The zero-order valence-corrected chi connectivity index (χ0v) is 20.4. The highest BCUT2D eigenvalue weighted by atomic mass is 35.5. The van der Waals surface area contributed by atoms with E-state index in [9.17, 15) is 8.42 Å². The Bertz CT molecular complexity index is 1440. The van der Waals surface area contributed by atoms with Gasteiger partial charge in [-0.05, 0) is 56.0 Å². The second kappa shape index (κ2) is 9.41. The third-order valence-corrected chi connectivity index (χ3v) is 8.56. The van der Waals surface area contributed by atoms with E-state index in [-0.39, 0.29) is 15.0 Å². The van der Waals surface area contributed by atoms with Crippen LogP contribution < -0.4 is 15.8 Å². The molecule has 0 saturated heterocycles. The van der Waals surface area contributed by atoms with Crippen molar-refractivity contribution in [3.05, 3.63) is 53.7 Å². The Morgan fingerprint density at radius 3 is 2.65 bits per heavy atom. The van der Waals surface area contributed by atoms with E-state index in [4.69, 9.17) is 17.3 Å². The van der Waals surface area contributed by atoms with Crippen molar-refractivity contribution in [1.82, 2.24) is 20.2 Å². The molecule has 34 heavy (non-hydrogen) atoms. The summed E-state index contributed by atoms with van der Waals surface area (Å²) in [5, 5.41) is 13.2. The van der Waals surface area contributed by atoms with E-state index in [1.807, 2.05) is 18.2 Å². The smallest absolute Gasteiger partial charge is 0.265 e. The van der Waals surface area contributed by atoms with Gasteiger partial charge in [0, 0.05) is 29.2 Å². The predicted molar refractivity (Wildman–Crippen MR) is 135 cm³/mol. The SMILES string of the molecule is N[C@H]1CC[C@H](Nc2ncc3cc(-c4nnc(NS(=O)(=O)c5ccccc5Cl)s4)ccc3n2)CC1. The Morgan fingerprint density at radius 2 is 1.85 bits per heavy atom. The number of aromatic nitrogens is 4. The van der Waals surface area contributed by atoms with E-state index in [2.05, 4.69) is 30.2 Å². The summed E-state index contributed by atoms with van der Waals surface area (Å²) in [6, 6.07) is 12.5. The van der Waals surface area contributed by atoms with Crippen LogP contribution in [0.25, 0.3) is 21.5 Å². The van der Waals surface area contributed by atoms with E-state index in [0.717, 1.165) is 53.5 Å². The summed E-state index contributed by atoms with van der Waals surface area (Å²) in [5.41, 5.74) is 7.58. The van der Waals surface area contributed by atoms with Gasteiger partial charge in [-0.1, -0.05) is 35.1 Å². The highest BCUT2D eigenvalue weighted by Crippen LogP contribution is 2.31. The number of nitrogens with zero attached hydrogens (tertiary/aromatic N) is 4. The molecule has 2 aromatic carbocycles. The topological polar surface area (TPSA) is 136 Å². The van der Waals surface area contributed by atoms with Crippen LogP contribution in [-0.2, 0) is 10.0 Å². The van der Waals surface area contributed by atoms with E-state index >= 15 is 0 Å². The second-order valence-electron chi connectivity index (χ2n) is 8.17. The van der Waals surface area contributed by atoms with E-state index in [1.165, 1.54) is 12.1 Å². The van der Waals surface area contributed by atoms with Crippen molar-refractivity contribution in [1.29, 1.82) is 0 Å². The summed E-state index contributed by atoms with van der Waals surface area (Å²) < 4.78 is 27.7. The standard InChI is InChI=1S/C22H22ClN7O2S2/c23-17-3-1-2-4-19(17)34(31,32)30-22-29-28-20(33-22)13-5-10-18-14(11-13)12-25-21(27-18)26-16-8-6-15(24)7-9-16/h1-5,10-12,15-16H,6-9,24H2,(H,29,30)(H,25,26,27)/t15-,16-. The number of rotatable bonds is 6. The molecule has 1 aliphatic rings. The molecule has 12 heteroatoms. The van der Waals surface area contributed by atoms with Gasteiger partial charge in [0.15, 0.2) is 0 Å². The minimum atomic E-state index is -3.88. The molecule has 0 spiro atoms. The van der Waals surface area contributed by atoms with Gasteiger partial charge in [-0.25, -0.2) is 18.4 Å². The molecule has 0 radical (unpaired) electrons. The maximum atomic E-state index is 12.6. The fourth-order valence-corrected chi connectivity index (χ4v) is 6.39. The van der Waals surface area contributed by atoms with Crippen molar-refractivity contribution in [2.45, 2.75) is 42.7 Å². The van der Waals surface area contributed by atoms with Crippen LogP contribution in [-0.4, -0.2) is 40.7 Å². The average Bonchev–Trinajstić information content (AvgIpc) is 3.28. The highest BCUT2D eigenvalue weighted by Gasteiger charge is 2.21. The van der Waals surface area contributed by atoms with Crippen LogP contribution in [0.1, 0.15) is 25.7 Å². The van der Waals surface area contributed by atoms with Gasteiger partial charge in [0.05, 0.1) is 10.5 Å². The molecule has 0 unspecified atom stereocenters. The van der Waals surface area contributed by atoms with Crippen LogP contribution in [0.15, 0.2) is 53.6 Å². The number of fused-ring (bicyclic) bond motifs is 1. The zero-order chi connectivity index (χ0) is 23.7. The number of sulfonamides is 1. The van der Waals surface area contributed by atoms with Gasteiger partial charge in [0.2, 0.25) is 11.1 Å². The number of anilines is 2. The average molecular weight is 516 g/mol. The lowest BCUT2D eigenvalue weighted by Gasteiger charge is -2.26. The summed E-state index contributed by atoms with van der Waals surface area (Å²) >= 11 is 7.16. The normalized spacial score (nSPS) is 18.6. The lowest BCUT2D eigenvalue weighted by atomic mass is 9.92. The fraction of sp³-hybridized carbons (Fsp3) is 0.273. The summed E-state index contributed by atoms with van der Waals surface area (Å²) in [5.74, 6) is 0.605. The number of nitrogens with one attached hydrogen (secondary N) is 2. The first-order chi connectivity index (χ1) is 16.4. The zero-order valence-electron chi connectivity index (χ0n) is 18.0. The highest BCUT2D eigenvalue weighted by molar-refractivity contribution is 7.93. The van der Waals surface area contributed by atoms with Crippen molar-refractivity contribution in [3.63, 3.8) is 0 Å². The third-order valence-electron chi connectivity index (χ3n) is 5.70.